The molecule has 1 atom stereocenters. The second-order valence-corrected chi connectivity index (χ2v) is 9.74. The maximum Gasteiger partial charge on any atom is 0.343 e. The Morgan fingerprint density at radius 1 is 0.727 bits per heavy atom. The number of carbonyl (C=O) groups excluding carboxylic acids is 4. The molecule has 0 bridgehead atoms. The molecule has 44 heavy (non-hydrogen) atoms. The molecule has 0 spiro atoms. The molecule has 1 aliphatic rings. The number of nitrogens with zero attached hydrogens (tertiary/aromatic N) is 2. The van der Waals surface area contributed by atoms with Gasteiger partial charge in [0.25, 0.3) is 11.8 Å². The van der Waals surface area contributed by atoms with E-state index in [9.17, 15) is 19.2 Å². The number of ether oxygens (including phenoxy) is 6. The minimum Gasteiger partial charge on any atom is -0.497 e. The second kappa shape index (κ2) is 14.3. The molecule has 1 heterocycles. The largest absolute Gasteiger partial charge is 0.497 e. The molecule has 3 aromatic carbocycles. The Kier molecular flexibility index (Phi) is 10.3. The van der Waals surface area contributed by atoms with Crippen molar-refractivity contribution in [2.24, 2.45) is 0 Å². The summed E-state index contributed by atoms with van der Waals surface area (Å²) in [4.78, 5) is 55.6. The van der Waals surface area contributed by atoms with Crippen molar-refractivity contribution >= 4 is 29.4 Å². The lowest BCUT2D eigenvalue weighted by molar-refractivity contribution is -0.144. The lowest BCUT2D eigenvalue weighted by Crippen LogP contribution is -2.49. The predicted octanol–water partition coefficient (Wildman–Crippen LogP) is 3.39. The molecule has 0 fully saturated rings. The van der Waals surface area contributed by atoms with Crippen LogP contribution in [0.15, 0.2) is 60.7 Å². The highest BCUT2D eigenvalue weighted by Gasteiger charge is 2.41. The van der Waals surface area contributed by atoms with Gasteiger partial charge in [0.1, 0.15) is 17.5 Å². The topological polar surface area (TPSA) is 130 Å². The van der Waals surface area contributed by atoms with Gasteiger partial charge in [0, 0.05) is 12.6 Å². The second-order valence-electron chi connectivity index (χ2n) is 9.74. The van der Waals surface area contributed by atoms with E-state index in [1.807, 2.05) is 6.07 Å². The van der Waals surface area contributed by atoms with Crippen LogP contribution in [-0.4, -0.2) is 76.9 Å². The molecule has 0 aromatic heterocycles. The number of hydrogen-bond acceptors (Lipinski definition) is 10. The molecular weight excluding hydrogens is 572 g/mol. The van der Waals surface area contributed by atoms with Crippen molar-refractivity contribution in [1.29, 1.82) is 0 Å². The van der Waals surface area contributed by atoms with Gasteiger partial charge in [-0.15, -0.1) is 0 Å². The highest BCUT2D eigenvalue weighted by molar-refractivity contribution is 6.12. The zero-order valence-corrected chi connectivity index (χ0v) is 25.2. The Morgan fingerprint density at radius 2 is 1.41 bits per heavy atom. The summed E-state index contributed by atoms with van der Waals surface area (Å²) in [5.41, 5.74) is 1.86. The summed E-state index contributed by atoms with van der Waals surface area (Å²) >= 11 is 0. The highest BCUT2D eigenvalue weighted by Crippen LogP contribution is 2.39. The van der Waals surface area contributed by atoms with Gasteiger partial charge in [-0.25, -0.2) is 4.79 Å². The Balaban J connectivity index is 1.80. The van der Waals surface area contributed by atoms with Crippen molar-refractivity contribution in [2.75, 3.05) is 47.1 Å². The van der Waals surface area contributed by atoms with Gasteiger partial charge >= 0.3 is 11.9 Å². The average molecular weight is 607 g/mol. The molecule has 2 amide bonds. The highest BCUT2D eigenvalue weighted by atomic mass is 16.6. The fourth-order valence-corrected chi connectivity index (χ4v) is 4.82. The predicted molar refractivity (Wildman–Crippen MR) is 158 cm³/mol. The van der Waals surface area contributed by atoms with Crippen molar-refractivity contribution < 1.29 is 47.6 Å². The molecule has 4 rings (SSSR count). The normalized spacial score (nSPS) is 14.3. The standard InChI is InChI=1S/C32H34N2O10/c1-39-23-8-6-7-21(13-23)18-33-25-15-28(41-3)27(40-2)14-24(25)31(37)34(26(32(33)38)16-29(35)42-4)17-20-9-11-22(12-10-20)44-19-30(36)43-5/h6-15,26H,16-19H2,1-5H3/t26-/m0/s1. The van der Waals surface area contributed by atoms with Gasteiger partial charge in [0.05, 0.1) is 59.8 Å². The van der Waals surface area contributed by atoms with E-state index in [0.717, 1.165) is 5.56 Å². The Hall–Kier alpha value is -5.26. The molecule has 0 aliphatic carbocycles. The van der Waals surface area contributed by atoms with Crippen LogP contribution in [0.25, 0.3) is 0 Å². The van der Waals surface area contributed by atoms with Crippen LogP contribution >= 0.6 is 0 Å². The molecule has 0 saturated heterocycles. The minimum atomic E-state index is -1.21. The smallest absolute Gasteiger partial charge is 0.343 e. The Bertz CT molecular complexity index is 1520. The number of amides is 2. The zero-order chi connectivity index (χ0) is 31.8. The van der Waals surface area contributed by atoms with Crippen LogP contribution in [-0.2, 0) is 36.9 Å². The van der Waals surface area contributed by atoms with E-state index >= 15 is 0 Å². The van der Waals surface area contributed by atoms with Gasteiger partial charge in [-0.2, -0.15) is 0 Å². The molecule has 12 nitrogen and oxygen atoms in total. The molecule has 0 radical (unpaired) electrons. The lowest BCUT2D eigenvalue weighted by Gasteiger charge is -2.30. The first-order chi connectivity index (χ1) is 21.2. The summed E-state index contributed by atoms with van der Waals surface area (Å²) in [5.74, 6) is -0.545. The van der Waals surface area contributed by atoms with Gasteiger partial charge in [0.2, 0.25) is 0 Å². The van der Waals surface area contributed by atoms with Crippen molar-refractivity contribution in [2.45, 2.75) is 25.6 Å². The molecule has 1 aliphatic heterocycles. The fraction of sp³-hybridized carbons (Fsp3) is 0.312. The molecule has 3 aromatic rings. The third-order valence-electron chi connectivity index (χ3n) is 7.13. The SMILES string of the molecule is COC(=O)COc1ccc(CN2C(=O)c3cc(OC)c(OC)cc3N(Cc3cccc(OC)c3)C(=O)[C@@H]2CC(=O)OC)cc1. The number of benzene rings is 3. The monoisotopic (exact) mass is 606 g/mol. The Labute approximate surface area is 254 Å². The average Bonchev–Trinajstić information content (AvgIpc) is 3.12. The maximum atomic E-state index is 14.4. The number of esters is 2. The molecule has 232 valence electrons. The number of methoxy groups -OCH3 is 5. The quantitative estimate of drug-likeness (QED) is 0.283. The maximum absolute atomic E-state index is 14.4. The number of anilines is 1. The lowest BCUT2D eigenvalue weighted by atomic mass is 10.1. The molecule has 0 N–H and O–H groups in total. The van der Waals surface area contributed by atoms with Crippen molar-refractivity contribution in [3.63, 3.8) is 0 Å². The summed E-state index contributed by atoms with van der Waals surface area (Å²) in [6.45, 7) is -0.213. The molecule has 0 unspecified atom stereocenters. The van der Waals surface area contributed by atoms with Crippen molar-refractivity contribution in [3.8, 4) is 23.0 Å². The summed E-state index contributed by atoms with van der Waals surface area (Å²) < 4.78 is 31.3. The van der Waals surface area contributed by atoms with E-state index in [4.69, 9.17) is 23.7 Å². The van der Waals surface area contributed by atoms with Crippen LogP contribution in [0.2, 0.25) is 0 Å². The minimum absolute atomic E-state index is 0.0235. The molecule has 0 saturated carbocycles. The number of rotatable bonds is 12. The van der Waals surface area contributed by atoms with Gasteiger partial charge in [-0.1, -0.05) is 24.3 Å². The van der Waals surface area contributed by atoms with Crippen LogP contribution in [0.4, 0.5) is 5.69 Å². The summed E-state index contributed by atoms with van der Waals surface area (Å²) in [7, 11) is 6.94. The van der Waals surface area contributed by atoms with Gasteiger partial charge in [-0.3, -0.25) is 14.4 Å². The summed E-state index contributed by atoms with van der Waals surface area (Å²) in [6.07, 6.45) is -0.377. The van der Waals surface area contributed by atoms with Crippen molar-refractivity contribution in [1.82, 2.24) is 4.90 Å². The van der Waals surface area contributed by atoms with E-state index in [-0.39, 0.29) is 31.7 Å². The van der Waals surface area contributed by atoms with E-state index in [1.54, 1.807) is 55.6 Å². The van der Waals surface area contributed by atoms with Gasteiger partial charge in [-0.05, 0) is 41.5 Å². The molecular formula is C32H34N2O10. The first kappa shape index (κ1) is 31.7. The first-order valence-electron chi connectivity index (χ1n) is 13.6. The number of fused-ring (bicyclic) bond motifs is 1. The summed E-state index contributed by atoms with van der Waals surface area (Å²) in [5, 5.41) is 0. The van der Waals surface area contributed by atoms with E-state index in [1.165, 1.54) is 44.3 Å². The van der Waals surface area contributed by atoms with Crippen LogP contribution in [0.5, 0.6) is 23.0 Å². The van der Waals surface area contributed by atoms with Crippen LogP contribution in [0.3, 0.4) is 0 Å². The first-order valence-corrected chi connectivity index (χ1v) is 13.6. The van der Waals surface area contributed by atoms with E-state index in [0.29, 0.717) is 34.2 Å². The summed E-state index contributed by atoms with van der Waals surface area (Å²) in [6, 6.07) is 15.8. The van der Waals surface area contributed by atoms with E-state index < -0.39 is 29.8 Å². The zero-order valence-electron chi connectivity index (χ0n) is 25.2. The fourth-order valence-electron chi connectivity index (χ4n) is 4.82. The number of carbonyl (C=O) groups is 4. The van der Waals surface area contributed by atoms with Gasteiger partial charge < -0.3 is 38.2 Å². The number of hydrogen-bond donors (Lipinski definition) is 0. The molecule has 12 heteroatoms. The Morgan fingerprint density at radius 3 is 2.05 bits per heavy atom. The third-order valence-corrected chi connectivity index (χ3v) is 7.13. The third kappa shape index (κ3) is 7.02. The van der Waals surface area contributed by atoms with Crippen LogP contribution < -0.4 is 23.8 Å². The van der Waals surface area contributed by atoms with Crippen LogP contribution in [0, 0.1) is 0 Å². The van der Waals surface area contributed by atoms with Gasteiger partial charge in [0.15, 0.2) is 18.1 Å². The van der Waals surface area contributed by atoms with E-state index in [2.05, 4.69) is 4.74 Å². The van der Waals surface area contributed by atoms with Crippen LogP contribution in [0.1, 0.15) is 27.9 Å². The van der Waals surface area contributed by atoms with Crippen molar-refractivity contribution in [3.05, 3.63) is 77.4 Å².